The van der Waals surface area contributed by atoms with E-state index in [1.807, 2.05) is 0 Å². The molecule has 0 amide bonds. The van der Waals surface area contributed by atoms with Crippen LogP contribution in [-0.2, 0) is 6.61 Å². The zero-order valence-electron chi connectivity index (χ0n) is 11.5. The van der Waals surface area contributed by atoms with Gasteiger partial charge in [-0.15, -0.1) is 0 Å². The van der Waals surface area contributed by atoms with Crippen LogP contribution >= 0.6 is 23.2 Å². The van der Waals surface area contributed by atoms with E-state index >= 15 is 0 Å². The number of benzene rings is 2. The standard InChI is InChI=1S/C16H9Cl2F2NO2/c17-12-2-1-3-13(18)14(12)15-11(7-22)16(23-21-15)8-4-9(19)6-10(20)5-8/h1-6,22H,7H2. The van der Waals surface area contributed by atoms with Gasteiger partial charge in [0.25, 0.3) is 0 Å². The predicted molar refractivity (Wildman–Crippen MR) is 83.2 cm³/mol. The van der Waals surface area contributed by atoms with Crippen LogP contribution < -0.4 is 0 Å². The Morgan fingerprint density at radius 3 is 2.22 bits per heavy atom. The average molecular weight is 356 g/mol. The molecule has 0 unspecified atom stereocenters. The molecule has 0 aliphatic rings. The number of aliphatic hydroxyl groups is 1. The first-order valence-corrected chi connectivity index (χ1v) is 7.27. The lowest BCUT2D eigenvalue weighted by atomic mass is 10.0. The highest BCUT2D eigenvalue weighted by Crippen LogP contribution is 2.39. The van der Waals surface area contributed by atoms with E-state index in [2.05, 4.69) is 5.16 Å². The summed E-state index contributed by atoms with van der Waals surface area (Å²) in [7, 11) is 0. The minimum atomic E-state index is -0.766. The Balaban J connectivity index is 2.21. The monoisotopic (exact) mass is 355 g/mol. The van der Waals surface area contributed by atoms with Crippen LogP contribution in [0.2, 0.25) is 10.0 Å². The van der Waals surface area contributed by atoms with Crippen molar-refractivity contribution in [1.29, 1.82) is 0 Å². The van der Waals surface area contributed by atoms with Gasteiger partial charge in [-0.1, -0.05) is 34.4 Å². The van der Waals surface area contributed by atoms with Crippen LogP contribution in [0.4, 0.5) is 8.78 Å². The molecule has 3 rings (SSSR count). The topological polar surface area (TPSA) is 46.3 Å². The molecule has 1 aromatic heterocycles. The molecule has 3 nitrogen and oxygen atoms in total. The van der Waals surface area contributed by atoms with E-state index in [-0.39, 0.29) is 22.6 Å². The summed E-state index contributed by atoms with van der Waals surface area (Å²) >= 11 is 12.3. The van der Waals surface area contributed by atoms with Crippen molar-refractivity contribution in [1.82, 2.24) is 5.16 Å². The minimum absolute atomic E-state index is 0.0527. The summed E-state index contributed by atoms with van der Waals surface area (Å²) in [6, 6.07) is 7.79. The predicted octanol–water partition coefficient (Wildman–Crippen LogP) is 5.09. The highest BCUT2D eigenvalue weighted by Gasteiger charge is 2.22. The number of rotatable bonds is 3. The zero-order valence-corrected chi connectivity index (χ0v) is 13.0. The summed E-state index contributed by atoms with van der Waals surface area (Å²) < 4.78 is 32.0. The largest absolute Gasteiger partial charge is 0.391 e. The van der Waals surface area contributed by atoms with E-state index in [4.69, 9.17) is 27.7 Å². The Kier molecular flexibility index (Phi) is 4.35. The second-order valence-corrected chi connectivity index (χ2v) is 5.57. The van der Waals surface area contributed by atoms with Gasteiger partial charge in [0, 0.05) is 17.2 Å². The number of aliphatic hydroxyl groups excluding tert-OH is 1. The molecule has 7 heteroatoms. The first-order valence-electron chi connectivity index (χ1n) is 6.51. The molecular weight excluding hydrogens is 347 g/mol. The van der Waals surface area contributed by atoms with E-state index in [0.717, 1.165) is 18.2 Å². The van der Waals surface area contributed by atoms with Gasteiger partial charge in [0.1, 0.15) is 17.3 Å². The van der Waals surface area contributed by atoms with Gasteiger partial charge in [0.2, 0.25) is 0 Å². The Morgan fingerprint density at radius 2 is 1.65 bits per heavy atom. The maximum atomic E-state index is 13.4. The van der Waals surface area contributed by atoms with E-state index in [1.54, 1.807) is 18.2 Å². The van der Waals surface area contributed by atoms with Crippen molar-refractivity contribution in [2.45, 2.75) is 6.61 Å². The van der Waals surface area contributed by atoms with Crippen molar-refractivity contribution in [3.8, 4) is 22.6 Å². The van der Waals surface area contributed by atoms with Gasteiger partial charge in [-0.05, 0) is 24.3 Å². The van der Waals surface area contributed by atoms with Gasteiger partial charge in [0.15, 0.2) is 5.76 Å². The van der Waals surface area contributed by atoms with E-state index in [1.165, 1.54) is 0 Å². The molecule has 0 aliphatic heterocycles. The van der Waals surface area contributed by atoms with Gasteiger partial charge in [-0.3, -0.25) is 0 Å². The fourth-order valence-electron chi connectivity index (χ4n) is 2.29. The van der Waals surface area contributed by atoms with Gasteiger partial charge >= 0.3 is 0 Å². The van der Waals surface area contributed by atoms with Gasteiger partial charge in [-0.25, -0.2) is 8.78 Å². The number of aromatic nitrogens is 1. The van der Waals surface area contributed by atoms with E-state index in [0.29, 0.717) is 15.6 Å². The van der Waals surface area contributed by atoms with Crippen molar-refractivity contribution in [3.05, 3.63) is 63.6 Å². The molecule has 23 heavy (non-hydrogen) atoms. The Bertz CT molecular complexity index is 840. The van der Waals surface area contributed by atoms with Gasteiger partial charge < -0.3 is 9.63 Å². The Hall–Kier alpha value is -1.95. The molecule has 2 aromatic carbocycles. The molecule has 0 bridgehead atoms. The smallest absolute Gasteiger partial charge is 0.173 e. The zero-order chi connectivity index (χ0) is 16.6. The highest BCUT2D eigenvalue weighted by molar-refractivity contribution is 6.39. The fourth-order valence-corrected chi connectivity index (χ4v) is 2.86. The summed E-state index contributed by atoms with van der Waals surface area (Å²) in [5.41, 5.74) is 0.966. The molecule has 0 saturated carbocycles. The van der Waals surface area contributed by atoms with Crippen molar-refractivity contribution < 1.29 is 18.4 Å². The summed E-state index contributed by atoms with van der Waals surface area (Å²) in [6.45, 7) is -0.464. The summed E-state index contributed by atoms with van der Waals surface area (Å²) in [5.74, 6) is -1.48. The van der Waals surface area contributed by atoms with Crippen molar-refractivity contribution in [2.75, 3.05) is 0 Å². The third kappa shape index (κ3) is 2.95. The molecule has 0 fully saturated rings. The lowest BCUT2D eigenvalue weighted by molar-refractivity contribution is 0.281. The molecule has 0 saturated heterocycles. The highest BCUT2D eigenvalue weighted by atomic mass is 35.5. The van der Waals surface area contributed by atoms with Crippen molar-refractivity contribution >= 4 is 23.2 Å². The van der Waals surface area contributed by atoms with E-state index < -0.39 is 18.2 Å². The van der Waals surface area contributed by atoms with Crippen molar-refractivity contribution in [3.63, 3.8) is 0 Å². The molecule has 1 heterocycles. The molecule has 118 valence electrons. The first-order chi connectivity index (χ1) is 11.0. The number of hydrogen-bond acceptors (Lipinski definition) is 3. The van der Waals surface area contributed by atoms with E-state index in [9.17, 15) is 13.9 Å². The maximum Gasteiger partial charge on any atom is 0.173 e. The SMILES string of the molecule is OCc1c(-c2c(Cl)cccc2Cl)noc1-c1cc(F)cc(F)c1. The summed E-state index contributed by atoms with van der Waals surface area (Å²) in [6.07, 6.45) is 0. The minimum Gasteiger partial charge on any atom is -0.391 e. The molecule has 1 N–H and O–H groups in total. The van der Waals surface area contributed by atoms with Crippen LogP contribution in [0.15, 0.2) is 40.9 Å². The fraction of sp³-hybridized carbons (Fsp3) is 0.0625. The van der Waals surface area contributed by atoms with Crippen LogP contribution in [0, 0.1) is 11.6 Å². The second-order valence-electron chi connectivity index (χ2n) is 4.75. The normalized spacial score (nSPS) is 11.0. The molecular formula is C16H9Cl2F2NO2. The van der Waals surface area contributed by atoms with Crippen LogP contribution in [0.1, 0.15) is 5.56 Å². The van der Waals surface area contributed by atoms with Crippen molar-refractivity contribution in [2.24, 2.45) is 0 Å². The van der Waals surface area contributed by atoms with Crippen LogP contribution in [0.5, 0.6) is 0 Å². The molecule has 0 atom stereocenters. The van der Waals surface area contributed by atoms with Gasteiger partial charge in [0.05, 0.1) is 22.2 Å². The third-order valence-corrected chi connectivity index (χ3v) is 3.90. The van der Waals surface area contributed by atoms with Crippen LogP contribution in [-0.4, -0.2) is 10.3 Å². The number of hydrogen-bond donors (Lipinski definition) is 1. The maximum absolute atomic E-state index is 13.4. The first kappa shape index (κ1) is 15.9. The molecule has 3 aromatic rings. The quantitative estimate of drug-likeness (QED) is 0.711. The summed E-state index contributed by atoms with van der Waals surface area (Å²) in [5, 5.41) is 14.2. The van der Waals surface area contributed by atoms with Crippen LogP contribution in [0.25, 0.3) is 22.6 Å². The lowest BCUT2D eigenvalue weighted by Crippen LogP contribution is -1.91. The van der Waals surface area contributed by atoms with Crippen LogP contribution in [0.3, 0.4) is 0 Å². The average Bonchev–Trinajstić information content (AvgIpc) is 2.89. The molecule has 0 radical (unpaired) electrons. The number of halogens is 4. The molecule has 0 spiro atoms. The summed E-state index contributed by atoms with van der Waals surface area (Å²) in [4.78, 5) is 0. The second kappa shape index (κ2) is 6.28. The molecule has 0 aliphatic carbocycles. The Morgan fingerprint density at radius 1 is 1.04 bits per heavy atom. The number of nitrogens with zero attached hydrogens (tertiary/aromatic N) is 1. The van der Waals surface area contributed by atoms with Gasteiger partial charge in [-0.2, -0.15) is 0 Å². The third-order valence-electron chi connectivity index (χ3n) is 3.27. The Labute approximate surface area is 140 Å². The lowest BCUT2D eigenvalue weighted by Gasteiger charge is -2.05.